The van der Waals surface area contributed by atoms with E-state index in [0.717, 1.165) is 60.1 Å². The van der Waals surface area contributed by atoms with E-state index in [1.165, 1.54) is 0 Å². The molecule has 0 unspecified atom stereocenters. The summed E-state index contributed by atoms with van der Waals surface area (Å²) in [6.45, 7) is 7.50. The highest BCUT2D eigenvalue weighted by Gasteiger charge is 2.35. The zero-order valence-electron chi connectivity index (χ0n) is 19.8. The van der Waals surface area contributed by atoms with E-state index in [1.807, 2.05) is 74.2 Å². The van der Waals surface area contributed by atoms with Crippen LogP contribution in [0.2, 0.25) is 0 Å². The molecule has 0 spiro atoms. The van der Waals surface area contributed by atoms with Crippen molar-refractivity contribution in [2.45, 2.75) is 44.9 Å². The lowest BCUT2D eigenvalue weighted by Gasteiger charge is -2.37. The molecule has 1 saturated heterocycles. The van der Waals surface area contributed by atoms with Crippen molar-refractivity contribution in [3.05, 3.63) is 77.6 Å². The number of carbonyl (C=O) groups excluding carboxylic acids is 1. The lowest BCUT2D eigenvalue weighted by atomic mass is 9.82. The van der Waals surface area contributed by atoms with Crippen LogP contribution in [0.1, 0.15) is 49.4 Å². The number of amides is 1. The average Bonchev–Trinajstić information content (AvgIpc) is 2.85. The van der Waals surface area contributed by atoms with Crippen molar-refractivity contribution in [1.82, 2.24) is 14.9 Å². The molecule has 4 rings (SSSR count). The molecule has 1 aromatic carbocycles. The lowest BCUT2D eigenvalue weighted by Crippen LogP contribution is -2.46. The van der Waals surface area contributed by atoms with Gasteiger partial charge in [0.15, 0.2) is 0 Å². The van der Waals surface area contributed by atoms with Crippen molar-refractivity contribution in [2.24, 2.45) is 0 Å². The van der Waals surface area contributed by atoms with E-state index >= 15 is 0 Å². The smallest absolute Gasteiger partial charge is 0.232 e. The Balaban J connectivity index is 1.40. The number of piperidine rings is 1. The molecule has 6 heteroatoms. The molecular formula is C27H32N4O2. The van der Waals surface area contributed by atoms with Gasteiger partial charge in [0.25, 0.3) is 0 Å². The Hall–Kier alpha value is -3.41. The first-order chi connectivity index (χ1) is 15.9. The monoisotopic (exact) mass is 444 g/mol. The summed E-state index contributed by atoms with van der Waals surface area (Å²) in [5.74, 6) is 2.92. The number of anilines is 2. The summed E-state index contributed by atoms with van der Waals surface area (Å²) in [5.41, 5.74) is 2.56. The zero-order valence-corrected chi connectivity index (χ0v) is 19.8. The van der Waals surface area contributed by atoms with Gasteiger partial charge in [-0.05, 0) is 75.1 Å². The molecule has 33 heavy (non-hydrogen) atoms. The van der Waals surface area contributed by atoms with Gasteiger partial charge in [-0.3, -0.25) is 4.79 Å². The van der Waals surface area contributed by atoms with Crippen molar-refractivity contribution in [1.29, 1.82) is 0 Å². The van der Waals surface area contributed by atoms with Gasteiger partial charge in [-0.15, -0.1) is 0 Å². The number of likely N-dealkylation sites (tertiary alicyclic amines) is 1. The topological polar surface area (TPSA) is 67.3 Å². The van der Waals surface area contributed by atoms with Crippen LogP contribution in [-0.2, 0) is 10.2 Å². The normalized spacial score (nSPS) is 14.7. The van der Waals surface area contributed by atoms with Crippen molar-refractivity contribution in [3.8, 4) is 5.75 Å². The van der Waals surface area contributed by atoms with Gasteiger partial charge in [0.05, 0.1) is 12.5 Å². The molecular weight excluding hydrogens is 412 g/mol. The number of nitrogens with zero attached hydrogens (tertiary/aromatic N) is 3. The molecule has 1 N–H and O–H groups in total. The predicted octanol–water partition coefficient (Wildman–Crippen LogP) is 5.22. The molecule has 1 amide bonds. The van der Waals surface area contributed by atoms with Crippen LogP contribution in [0.15, 0.2) is 60.8 Å². The molecule has 3 heterocycles. The molecule has 1 aliphatic rings. The number of aromatic nitrogens is 2. The van der Waals surface area contributed by atoms with Crippen molar-refractivity contribution in [2.75, 3.05) is 25.5 Å². The fourth-order valence-electron chi connectivity index (χ4n) is 4.39. The van der Waals surface area contributed by atoms with E-state index in [1.54, 1.807) is 13.3 Å². The molecule has 0 aliphatic carbocycles. The molecule has 0 atom stereocenters. The van der Waals surface area contributed by atoms with Crippen LogP contribution in [0.25, 0.3) is 0 Å². The number of benzene rings is 1. The average molecular weight is 445 g/mol. The second kappa shape index (κ2) is 9.61. The molecule has 172 valence electrons. The Morgan fingerprint density at radius 2 is 1.79 bits per heavy atom. The van der Waals surface area contributed by atoms with Gasteiger partial charge in [0.1, 0.15) is 17.4 Å². The lowest BCUT2D eigenvalue weighted by molar-refractivity contribution is -0.137. The Bertz CT molecular complexity index is 1100. The highest BCUT2D eigenvalue weighted by atomic mass is 16.5. The fourth-order valence-corrected chi connectivity index (χ4v) is 4.39. The van der Waals surface area contributed by atoms with Crippen LogP contribution in [0.3, 0.4) is 0 Å². The highest BCUT2D eigenvalue weighted by molar-refractivity contribution is 5.87. The minimum atomic E-state index is -0.582. The third kappa shape index (κ3) is 5.00. The fraction of sp³-hybridized carbons (Fsp3) is 0.370. The quantitative estimate of drug-likeness (QED) is 0.564. The van der Waals surface area contributed by atoms with Gasteiger partial charge >= 0.3 is 0 Å². The van der Waals surface area contributed by atoms with Crippen LogP contribution >= 0.6 is 0 Å². The minimum absolute atomic E-state index is 0.167. The molecule has 0 bridgehead atoms. The van der Waals surface area contributed by atoms with Crippen molar-refractivity contribution >= 4 is 17.5 Å². The van der Waals surface area contributed by atoms with E-state index in [9.17, 15) is 4.79 Å². The van der Waals surface area contributed by atoms with Crippen LogP contribution < -0.4 is 10.1 Å². The summed E-state index contributed by atoms with van der Waals surface area (Å²) >= 11 is 0. The first-order valence-corrected chi connectivity index (χ1v) is 11.5. The molecule has 0 radical (unpaired) electrons. The molecule has 1 aliphatic heterocycles. The van der Waals surface area contributed by atoms with Crippen LogP contribution in [0, 0.1) is 6.92 Å². The number of aryl methyl sites for hydroxylation is 1. The Morgan fingerprint density at radius 1 is 1.06 bits per heavy atom. The molecule has 6 nitrogen and oxygen atoms in total. The summed E-state index contributed by atoms with van der Waals surface area (Å²) in [6.07, 6.45) is 3.59. The second-order valence-corrected chi connectivity index (χ2v) is 9.16. The Kier molecular flexibility index (Phi) is 6.63. The highest BCUT2D eigenvalue weighted by Crippen LogP contribution is 2.32. The maximum atomic E-state index is 13.4. The third-order valence-corrected chi connectivity index (χ3v) is 6.57. The molecule has 2 aromatic heterocycles. The summed E-state index contributed by atoms with van der Waals surface area (Å²) in [7, 11) is 1.65. The number of ether oxygens (including phenoxy) is 1. The van der Waals surface area contributed by atoms with E-state index in [-0.39, 0.29) is 5.91 Å². The molecule has 0 saturated carbocycles. The van der Waals surface area contributed by atoms with E-state index < -0.39 is 5.41 Å². The number of hydrogen-bond acceptors (Lipinski definition) is 5. The van der Waals surface area contributed by atoms with Crippen molar-refractivity contribution < 1.29 is 9.53 Å². The number of rotatable bonds is 6. The second-order valence-electron chi connectivity index (χ2n) is 9.16. The largest absolute Gasteiger partial charge is 0.497 e. The SMILES string of the molecule is COc1ccc(C(C)(C)C(=O)N2CCC(c3cccc(Nc4ncccc4C)n3)CC2)cc1. The van der Waals surface area contributed by atoms with Crippen molar-refractivity contribution in [3.63, 3.8) is 0 Å². The van der Waals surface area contributed by atoms with Crippen LogP contribution in [-0.4, -0.2) is 41.0 Å². The Labute approximate surface area is 196 Å². The Morgan fingerprint density at radius 3 is 2.45 bits per heavy atom. The number of hydrogen-bond donors (Lipinski definition) is 1. The number of methoxy groups -OCH3 is 1. The van der Waals surface area contributed by atoms with E-state index in [0.29, 0.717) is 5.92 Å². The zero-order chi connectivity index (χ0) is 23.4. The maximum absolute atomic E-state index is 13.4. The van der Waals surface area contributed by atoms with Gasteiger partial charge in [-0.2, -0.15) is 0 Å². The van der Waals surface area contributed by atoms with Gasteiger partial charge in [0.2, 0.25) is 5.91 Å². The van der Waals surface area contributed by atoms with Crippen LogP contribution in [0.4, 0.5) is 11.6 Å². The summed E-state index contributed by atoms with van der Waals surface area (Å²) in [4.78, 5) is 24.6. The van der Waals surface area contributed by atoms with Gasteiger partial charge in [-0.25, -0.2) is 9.97 Å². The summed E-state index contributed by atoms with van der Waals surface area (Å²) in [5, 5.41) is 3.33. The first kappa shape index (κ1) is 22.8. The van der Waals surface area contributed by atoms with Gasteiger partial charge in [-0.1, -0.05) is 24.3 Å². The van der Waals surface area contributed by atoms with Gasteiger partial charge in [0, 0.05) is 30.9 Å². The number of carbonyl (C=O) groups is 1. The van der Waals surface area contributed by atoms with Gasteiger partial charge < -0.3 is 15.0 Å². The van der Waals surface area contributed by atoms with Crippen LogP contribution in [0.5, 0.6) is 5.75 Å². The van der Waals surface area contributed by atoms with E-state index in [4.69, 9.17) is 9.72 Å². The molecule has 3 aromatic rings. The van der Waals surface area contributed by atoms with E-state index in [2.05, 4.69) is 16.4 Å². The predicted molar refractivity (Wildman–Crippen MR) is 131 cm³/mol. The first-order valence-electron chi connectivity index (χ1n) is 11.5. The summed E-state index contributed by atoms with van der Waals surface area (Å²) < 4.78 is 5.25. The summed E-state index contributed by atoms with van der Waals surface area (Å²) in [6, 6.07) is 17.8. The third-order valence-electron chi connectivity index (χ3n) is 6.57. The maximum Gasteiger partial charge on any atom is 0.232 e. The minimum Gasteiger partial charge on any atom is -0.497 e. The standard InChI is InChI=1S/C27H32N4O2/c1-19-7-6-16-28-25(19)30-24-9-5-8-23(29-24)20-14-17-31(18-15-20)26(32)27(2,3)21-10-12-22(33-4)13-11-21/h5-13,16,20H,14-15,17-18H2,1-4H3,(H,28,29,30). The molecule has 1 fully saturated rings. The number of nitrogens with one attached hydrogen (secondary N) is 1. The number of pyridine rings is 2.